The van der Waals surface area contributed by atoms with Crippen LogP contribution in [0.15, 0.2) is 48.8 Å². The number of pyridine rings is 1. The van der Waals surface area contributed by atoms with Crippen LogP contribution in [0.2, 0.25) is 0 Å². The van der Waals surface area contributed by atoms with E-state index in [1.807, 2.05) is 6.07 Å². The predicted molar refractivity (Wildman–Crippen MR) is 79.4 cm³/mol. The molecule has 1 fully saturated rings. The van der Waals surface area contributed by atoms with Gasteiger partial charge in [-0.15, -0.1) is 0 Å². The van der Waals surface area contributed by atoms with Gasteiger partial charge in [0, 0.05) is 24.4 Å². The van der Waals surface area contributed by atoms with E-state index in [0.29, 0.717) is 11.3 Å². The monoisotopic (exact) mass is 334 g/mol. The molecule has 24 heavy (non-hydrogen) atoms. The Bertz CT molecular complexity index is 758. The molecule has 2 unspecified atom stereocenters. The van der Waals surface area contributed by atoms with Crippen LogP contribution in [0.25, 0.3) is 0 Å². The van der Waals surface area contributed by atoms with E-state index >= 15 is 0 Å². The average molecular weight is 334 g/mol. The molecule has 0 bridgehead atoms. The molecule has 124 valence electrons. The second-order valence-corrected chi connectivity index (χ2v) is 5.47. The first kappa shape index (κ1) is 16.2. The molecule has 2 atom stereocenters. The van der Waals surface area contributed by atoms with Gasteiger partial charge < -0.3 is 5.11 Å². The molecule has 1 saturated heterocycles. The number of hydrogen-bond donors (Lipinski definition) is 2. The highest BCUT2D eigenvalue weighted by molar-refractivity contribution is 5.51. The van der Waals surface area contributed by atoms with Crippen LogP contribution in [-0.4, -0.2) is 22.5 Å². The Morgan fingerprint density at radius 1 is 1.29 bits per heavy atom. The fraction of sp³-hybridized carbons (Fsp3) is 0.250. The normalized spacial score (nSPS) is 24.0. The lowest BCUT2D eigenvalue weighted by Gasteiger charge is -2.33. The van der Waals surface area contributed by atoms with Crippen LogP contribution in [0, 0.1) is 11.3 Å². The Morgan fingerprint density at radius 2 is 2.00 bits per heavy atom. The standard InChI is InChI=1S/C16H13F3N4O/c17-16(18,19)15(12-2-1-7-21-10-12)8-14(24)23(22-15)13-5-3-11(9-20)4-6-13/h1-7,10,14,22,24H,8H2. The van der Waals surface area contributed by atoms with Crippen LogP contribution >= 0.6 is 0 Å². The van der Waals surface area contributed by atoms with Crippen molar-refractivity contribution in [1.82, 2.24) is 10.4 Å². The molecule has 0 radical (unpaired) electrons. The molecule has 8 heteroatoms. The molecule has 5 nitrogen and oxygen atoms in total. The molecule has 1 aliphatic rings. The Labute approximate surface area is 135 Å². The smallest absolute Gasteiger partial charge is 0.372 e. The van der Waals surface area contributed by atoms with Gasteiger partial charge in [0.15, 0.2) is 5.54 Å². The van der Waals surface area contributed by atoms with Crippen LogP contribution in [-0.2, 0) is 5.54 Å². The van der Waals surface area contributed by atoms with Crippen LogP contribution in [0.3, 0.4) is 0 Å². The maximum absolute atomic E-state index is 13.8. The van der Waals surface area contributed by atoms with Crippen molar-refractivity contribution >= 4 is 5.69 Å². The number of nitriles is 1. The van der Waals surface area contributed by atoms with E-state index in [-0.39, 0.29) is 5.56 Å². The number of aliphatic hydroxyl groups is 1. The summed E-state index contributed by atoms with van der Waals surface area (Å²) in [4.78, 5) is 3.76. The summed E-state index contributed by atoms with van der Waals surface area (Å²) < 4.78 is 41.4. The highest BCUT2D eigenvalue weighted by Crippen LogP contribution is 2.46. The first-order valence-corrected chi connectivity index (χ1v) is 7.10. The number of anilines is 1. The second-order valence-electron chi connectivity index (χ2n) is 5.47. The molecule has 0 spiro atoms. The number of nitrogens with zero attached hydrogens (tertiary/aromatic N) is 3. The first-order valence-electron chi connectivity index (χ1n) is 7.10. The third kappa shape index (κ3) is 2.58. The molecule has 2 heterocycles. The number of rotatable bonds is 2. The minimum absolute atomic E-state index is 0.0762. The van der Waals surface area contributed by atoms with Gasteiger partial charge in [0.2, 0.25) is 0 Å². The van der Waals surface area contributed by atoms with Crippen molar-refractivity contribution in [2.24, 2.45) is 0 Å². The van der Waals surface area contributed by atoms with Crippen molar-refractivity contribution in [2.45, 2.75) is 24.4 Å². The number of hydrogen-bond acceptors (Lipinski definition) is 5. The number of halogens is 3. The van der Waals surface area contributed by atoms with Crippen molar-refractivity contribution in [3.8, 4) is 6.07 Å². The molecule has 0 aliphatic carbocycles. The third-order valence-corrected chi connectivity index (χ3v) is 4.01. The Hall–Kier alpha value is -2.63. The van der Waals surface area contributed by atoms with Crippen molar-refractivity contribution in [1.29, 1.82) is 5.26 Å². The van der Waals surface area contributed by atoms with Crippen molar-refractivity contribution in [2.75, 3.05) is 5.01 Å². The number of alkyl halides is 3. The van der Waals surface area contributed by atoms with E-state index in [2.05, 4.69) is 10.4 Å². The van der Waals surface area contributed by atoms with E-state index in [1.54, 1.807) is 0 Å². The van der Waals surface area contributed by atoms with Gasteiger partial charge in [0.25, 0.3) is 0 Å². The average Bonchev–Trinajstić information content (AvgIpc) is 2.94. The van der Waals surface area contributed by atoms with Crippen LogP contribution in [0.1, 0.15) is 17.5 Å². The lowest BCUT2D eigenvalue weighted by atomic mass is 9.88. The third-order valence-electron chi connectivity index (χ3n) is 4.01. The van der Waals surface area contributed by atoms with Crippen molar-refractivity contribution < 1.29 is 18.3 Å². The van der Waals surface area contributed by atoms with Crippen molar-refractivity contribution in [3.05, 3.63) is 59.9 Å². The minimum atomic E-state index is -4.64. The topological polar surface area (TPSA) is 72.2 Å². The van der Waals surface area contributed by atoms with E-state index < -0.39 is 24.4 Å². The van der Waals surface area contributed by atoms with E-state index in [9.17, 15) is 18.3 Å². The van der Waals surface area contributed by atoms with Gasteiger partial charge in [-0.2, -0.15) is 18.4 Å². The molecule has 1 aromatic carbocycles. The molecule has 2 N–H and O–H groups in total. The van der Waals surface area contributed by atoms with E-state index in [1.165, 1.54) is 42.6 Å². The first-order chi connectivity index (χ1) is 11.4. The molecule has 2 aromatic rings. The highest BCUT2D eigenvalue weighted by atomic mass is 19.4. The Morgan fingerprint density at radius 3 is 2.54 bits per heavy atom. The molecule has 1 aromatic heterocycles. The van der Waals surface area contributed by atoms with Crippen LogP contribution in [0.4, 0.5) is 18.9 Å². The fourth-order valence-corrected chi connectivity index (χ4v) is 2.76. The van der Waals surface area contributed by atoms with Gasteiger partial charge in [-0.3, -0.25) is 9.99 Å². The number of nitrogens with one attached hydrogen (secondary N) is 1. The fourth-order valence-electron chi connectivity index (χ4n) is 2.76. The van der Waals surface area contributed by atoms with Crippen LogP contribution in [0.5, 0.6) is 0 Å². The summed E-state index contributed by atoms with van der Waals surface area (Å²) >= 11 is 0. The molecule has 1 aliphatic heterocycles. The van der Waals surface area contributed by atoms with Gasteiger partial charge in [-0.05, 0) is 30.3 Å². The van der Waals surface area contributed by atoms with E-state index in [4.69, 9.17) is 5.26 Å². The van der Waals surface area contributed by atoms with Gasteiger partial charge in [0.05, 0.1) is 17.3 Å². The minimum Gasteiger partial charge on any atom is -0.372 e. The summed E-state index contributed by atoms with van der Waals surface area (Å²) in [7, 11) is 0. The molecular weight excluding hydrogens is 321 g/mol. The summed E-state index contributed by atoms with van der Waals surface area (Å²) in [5.74, 6) is 0. The molecule has 0 saturated carbocycles. The lowest BCUT2D eigenvalue weighted by Crippen LogP contribution is -2.53. The van der Waals surface area contributed by atoms with Crippen LogP contribution < -0.4 is 10.4 Å². The van der Waals surface area contributed by atoms with Gasteiger partial charge in [-0.25, -0.2) is 5.43 Å². The zero-order valence-electron chi connectivity index (χ0n) is 12.3. The molecule has 0 amide bonds. The Balaban J connectivity index is 2.01. The van der Waals surface area contributed by atoms with E-state index in [0.717, 1.165) is 11.2 Å². The number of hydrazine groups is 1. The quantitative estimate of drug-likeness (QED) is 0.883. The maximum Gasteiger partial charge on any atom is 0.412 e. The predicted octanol–water partition coefficient (Wildman–Crippen LogP) is 2.44. The Kier molecular flexibility index (Phi) is 3.91. The zero-order chi connectivity index (χ0) is 17.4. The summed E-state index contributed by atoms with van der Waals surface area (Å²) in [6.07, 6.45) is -4.09. The summed E-state index contributed by atoms with van der Waals surface area (Å²) in [5, 5.41) is 20.1. The summed E-state index contributed by atoms with van der Waals surface area (Å²) in [5.41, 5.74) is 0.594. The van der Waals surface area contributed by atoms with Gasteiger partial charge >= 0.3 is 6.18 Å². The van der Waals surface area contributed by atoms with Gasteiger partial charge in [0.1, 0.15) is 6.23 Å². The SMILES string of the molecule is N#Cc1ccc(N2NC(c3cccnc3)(C(F)(F)F)CC2O)cc1. The largest absolute Gasteiger partial charge is 0.412 e. The van der Waals surface area contributed by atoms with Crippen molar-refractivity contribution in [3.63, 3.8) is 0 Å². The molecular formula is C16H13F3N4O. The highest BCUT2D eigenvalue weighted by Gasteiger charge is 2.62. The lowest BCUT2D eigenvalue weighted by molar-refractivity contribution is -0.198. The second kappa shape index (κ2) is 5.78. The number of aromatic nitrogens is 1. The number of aliphatic hydroxyl groups excluding tert-OH is 1. The maximum atomic E-state index is 13.8. The summed E-state index contributed by atoms with van der Waals surface area (Å²) in [6, 6.07) is 10.6. The summed E-state index contributed by atoms with van der Waals surface area (Å²) in [6.45, 7) is 0. The zero-order valence-corrected chi connectivity index (χ0v) is 12.3. The number of benzene rings is 1. The van der Waals surface area contributed by atoms with Gasteiger partial charge in [-0.1, -0.05) is 6.07 Å². The molecule has 3 rings (SSSR count).